The SMILES string of the molecule is O=C(NCC(F)(F)C(F)F)c1ccc(Br)s1. The van der Waals surface area contributed by atoms with Gasteiger partial charge in [-0.05, 0) is 28.1 Å². The zero-order valence-electron chi connectivity index (χ0n) is 7.65. The molecule has 1 aromatic rings. The first kappa shape index (κ1) is 13.4. The van der Waals surface area contributed by atoms with Gasteiger partial charge in [0.15, 0.2) is 0 Å². The van der Waals surface area contributed by atoms with Crippen LogP contribution in [0.15, 0.2) is 15.9 Å². The zero-order valence-corrected chi connectivity index (χ0v) is 10.0. The number of hydrogen-bond acceptors (Lipinski definition) is 2. The van der Waals surface area contributed by atoms with E-state index in [2.05, 4.69) is 15.9 Å². The van der Waals surface area contributed by atoms with Crippen LogP contribution in [0.3, 0.4) is 0 Å². The predicted octanol–water partition coefficient (Wildman–Crippen LogP) is 3.14. The van der Waals surface area contributed by atoms with Gasteiger partial charge in [0.1, 0.15) is 0 Å². The zero-order chi connectivity index (χ0) is 12.3. The van der Waals surface area contributed by atoms with Crippen LogP contribution >= 0.6 is 27.3 Å². The lowest BCUT2D eigenvalue weighted by Gasteiger charge is -2.15. The van der Waals surface area contributed by atoms with Gasteiger partial charge in [-0.1, -0.05) is 0 Å². The number of thiophene rings is 1. The molecule has 0 aromatic carbocycles. The molecule has 1 amide bonds. The molecule has 16 heavy (non-hydrogen) atoms. The standard InChI is InChI=1S/C8H6BrF4NOS/c9-5-2-1-4(16-5)6(15)14-3-8(12,13)7(10)11/h1-2,7H,3H2,(H,14,15). The van der Waals surface area contributed by atoms with E-state index in [4.69, 9.17) is 0 Å². The molecule has 0 bridgehead atoms. The van der Waals surface area contributed by atoms with Gasteiger partial charge in [-0.3, -0.25) is 4.79 Å². The van der Waals surface area contributed by atoms with E-state index < -0.39 is 24.8 Å². The summed E-state index contributed by atoms with van der Waals surface area (Å²) in [5, 5.41) is 1.75. The summed E-state index contributed by atoms with van der Waals surface area (Å²) < 4.78 is 49.1. The van der Waals surface area contributed by atoms with Crippen LogP contribution in [-0.2, 0) is 0 Å². The van der Waals surface area contributed by atoms with Crippen LogP contribution in [0.1, 0.15) is 9.67 Å². The lowest BCUT2D eigenvalue weighted by molar-refractivity contribution is -0.123. The fourth-order valence-electron chi connectivity index (χ4n) is 0.799. The first-order valence-electron chi connectivity index (χ1n) is 4.02. The number of nitrogens with one attached hydrogen (secondary N) is 1. The molecule has 0 saturated carbocycles. The molecule has 0 unspecified atom stereocenters. The third kappa shape index (κ3) is 3.44. The third-order valence-electron chi connectivity index (χ3n) is 1.60. The van der Waals surface area contributed by atoms with Crippen LogP contribution < -0.4 is 5.32 Å². The van der Waals surface area contributed by atoms with Gasteiger partial charge in [-0.2, -0.15) is 8.78 Å². The van der Waals surface area contributed by atoms with Gasteiger partial charge >= 0.3 is 12.3 Å². The van der Waals surface area contributed by atoms with Gasteiger partial charge in [0.25, 0.3) is 5.91 Å². The van der Waals surface area contributed by atoms with E-state index >= 15 is 0 Å². The molecule has 90 valence electrons. The molecule has 0 fully saturated rings. The van der Waals surface area contributed by atoms with Crippen molar-refractivity contribution >= 4 is 33.2 Å². The van der Waals surface area contributed by atoms with Crippen LogP contribution in [0.2, 0.25) is 0 Å². The number of alkyl halides is 4. The molecule has 0 radical (unpaired) electrons. The van der Waals surface area contributed by atoms with Crippen molar-refractivity contribution in [3.05, 3.63) is 20.8 Å². The fraction of sp³-hybridized carbons (Fsp3) is 0.375. The highest BCUT2D eigenvalue weighted by Crippen LogP contribution is 2.23. The number of carbonyl (C=O) groups excluding carboxylic acids is 1. The van der Waals surface area contributed by atoms with Crippen molar-refractivity contribution in [1.29, 1.82) is 0 Å². The number of carbonyl (C=O) groups is 1. The third-order valence-corrected chi connectivity index (χ3v) is 3.22. The molecule has 8 heteroatoms. The molecule has 0 aliphatic rings. The Bertz CT molecular complexity index is 382. The van der Waals surface area contributed by atoms with E-state index in [-0.39, 0.29) is 4.88 Å². The second kappa shape index (κ2) is 5.13. The quantitative estimate of drug-likeness (QED) is 0.849. The summed E-state index contributed by atoms with van der Waals surface area (Å²) in [4.78, 5) is 11.4. The largest absolute Gasteiger partial charge is 0.345 e. The molecule has 0 aliphatic heterocycles. The highest BCUT2D eigenvalue weighted by atomic mass is 79.9. The number of hydrogen-bond donors (Lipinski definition) is 1. The monoisotopic (exact) mass is 319 g/mol. The second-order valence-electron chi connectivity index (χ2n) is 2.85. The predicted molar refractivity (Wildman–Crippen MR) is 55.3 cm³/mol. The smallest absolute Gasteiger partial charge is 0.324 e. The molecular formula is C8H6BrF4NOS. The molecule has 2 nitrogen and oxygen atoms in total. The minimum atomic E-state index is -4.20. The Morgan fingerprint density at radius 3 is 2.56 bits per heavy atom. The van der Waals surface area contributed by atoms with Crippen molar-refractivity contribution in [2.75, 3.05) is 6.54 Å². The van der Waals surface area contributed by atoms with Crippen molar-refractivity contribution in [2.45, 2.75) is 12.3 Å². The molecule has 1 aromatic heterocycles. The van der Waals surface area contributed by atoms with Crippen LogP contribution in [-0.4, -0.2) is 24.8 Å². The highest BCUT2D eigenvalue weighted by molar-refractivity contribution is 9.11. The highest BCUT2D eigenvalue weighted by Gasteiger charge is 2.40. The average Bonchev–Trinajstić information content (AvgIpc) is 2.61. The fourth-order valence-corrected chi connectivity index (χ4v) is 2.10. The molecule has 1 heterocycles. The Kier molecular flexibility index (Phi) is 4.31. The maximum atomic E-state index is 12.5. The van der Waals surface area contributed by atoms with E-state index in [1.807, 2.05) is 0 Å². The van der Waals surface area contributed by atoms with Gasteiger partial charge in [0, 0.05) is 0 Å². The Balaban J connectivity index is 2.54. The van der Waals surface area contributed by atoms with Crippen molar-refractivity contribution in [1.82, 2.24) is 5.32 Å². The maximum Gasteiger partial charge on any atom is 0.324 e. The van der Waals surface area contributed by atoms with Crippen molar-refractivity contribution in [3.8, 4) is 0 Å². The van der Waals surface area contributed by atoms with E-state index in [0.717, 1.165) is 11.3 Å². The molecule has 1 N–H and O–H groups in total. The summed E-state index contributed by atoms with van der Waals surface area (Å²) in [6.45, 7) is -1.38. The van der Waals surface area contributed by atoms with E-state index in [1.54, 1.807) is 11.4 Å². The Labute approximate surface area is 101 Å². The van der Waals surface area contributed by atoms with Gasteiger partial charge in [-0.25, -0.2) is 8.78 Å². The minimum absolute atomic E-state index is 0.178. The van der Waals surface area contributed by atoms with Gasteiger partial charge < -0.3 is 5.32 Å². The molecular weight excluding hydrogens is 314 g/mol. The van der Waals surface area contributed by atoms with E-state index in [9.17, 15) is 22.4 Å². The lowest BCUT2D eigenvalue weighted by atomic mass is 10.3. The van der Waals surface area contributed by atoms with Crippen LogP contribution in [0.4, 0.5) is 17.6 Å². The minimum Gasteiger partial charge on any atom is -0.345 e. The number of halogens is 5. The molecule has 0 spiro atoms. The molecule has 0 aliphatic carbocycles. The van der Waals surface area contributed by atoms with Crippen molar-refractivity contribution in [3.63, 3.8) is 0 Å². The molecule has 0 saturated heterocycles. The average molecular weight is 320 g/mol. The van der Waals surface area contributed by atoms with Crippen LogP contribution in [0.25, 0.3) is 0 Å². The summed E-state index contributed by atoms with van der Waals surface area (Å²) >= 11 is 4.11. The van der Waals surface area contributed by atoms with E-state index in [0.29, 0.717) is 3.79 Å². The number of rotatable bonds is 4. The first-order valence-corrected chi connectivity index (χ1v) is 5.63. The summed E-state index contributed by atoms with van der Waals surface area (Å²) in [7, 11) is 0. The molecule has 0 atom stereocenters. The normalized spacial score (nSPS) is 11.9. The summed E-state index contributed by atoms with van der Waals surface area (Å²) in [6, 6.07) is 2.97. The summed E-state index contributed by atoms with van der Waals surface area (Å²) in [5.74, 6) is -5.00. The second-order valence-corrected chi connectivity index (χ2v) is 5.31. The summed E-state index contributed by atoms with van der Waals surface area (Å²) in [6.07, 6.45) is -3.79. The number of amides is 1. The van der Waals surface area contributed by atoms with Crippen LogP contribution in [0.5, 0.6) is 0 Å². The van der Waals surface area contributed by atoms with Crippen LogP contribution in [0, 0.1) is 0 Å². The van der Waals surface area contributed by atoms with Gasteiger partial charge in [0.2, 0.25) is 0 Å². The van der Waals surface area contributed by atoms with E-state index in [1.165, 1.54) is 6.07 Å². The van der Waals surface area contributed by atoms with Gasteiger partial charge in [0.05, 0.1) is 15.2 Å². The van der Waals surface area contributed by atoms with Crippen molar-refractivity contribution in [2.24, 2.45) is 0 Å². The molecule has 1 rings (SSSR count). The topological polar surface area (TPSA) is 29.1 Å². The Morgan fingerprint density at radius 1 is 1.50 bits per heavy atom. The van der Waals surface area contributed by atoms with Crippen molar-refractivity contribution < 1.29 is 22.4 Å². The lowest BCUT2D eigenvalue weighted by Crippen LogP contribution is -2.41. The first-order chi connectivity index (χ1) is 7.33. The summed E-state index contributed by atoms with van der Waals surface area (Å²) in [5.41, 5.74) is 0. The maximum absolute atomic E-state index is 12.5. The Morgan fingerprint density at radius 2 is 2.12 bits per heavy atom. The Hall–Kier alpha value is -0.630. The van der Waals surface area contributed by atoms with Gasteiger partial charge in [-0.15, -0.1) is 11.3 Å².